The predicted octanol–water partition coefficient (Wildman–Crippen LogP) is 6.03. The normalized spacial score (nSPS) is 40.4. The standard InChI is InChI=1S/C37H52O8/c1-22(2)16-33(38)42-21-27-18-32-35(40)43-30-19-29(45-36(20-30)15-14-25(5)26(6)44-36)12-10-24(4)17-23(3)8-7-9-28-11-13-31(34(27)39)37(28,32)41/h7-10,16,18,23,25-26,29-32,34,39,41H,11-15,17,19-21H2,1-6H3. The lowest BCUT2D eigenvalue weighted by atomic mass is 9.68. The highest BCUT2D eigenvalue weighted by Gasteiger charge is 2.59. The van der Waals surface area contributed by atoms with Crippen LogP contribution in [0.15, 0.2) is 58.7 Å². The molecule has 0 aromatic heterocycles. The van der Waals surface area contributed by atoms with E-state index in [1.54, 1.807) is 19.9 Å². The first-order chi connectivity index (χ1) is 21.3. The van der Waals surface area contributed by atoms with Gasteiger partial charge in [-0.25, -0.2) is 4.79 Å². The van der Waals surface area contributed by atoms with E-state index in [0.717, 1.165) is 24.8 Å². The van der Waals surface area contributed by atoms with Gasteiger partial charge < -0.3 is 29.2 Å². The smallest absolute Gasteiger partial charge is 0.331 e. The first-order valence-corrected chi connectivity index (χ1v) is 16.8. The minimum Gasteiger partial charge on any atom is -0.462 e. The molecular formula is C37H52O8. The molecule has 8 heteroatoms. The van der Waals surface area contributed by atoms with Crippen LogP contribution in [-0.2, 0) is 28.5 Å². The summed E-state index contributed by atoms with van der Waals surface area (Å²) in [5, 5.41) is 23.8. The number of ether oxygens (including phenoxy) is 4. The molecule has 5 rings (SSSR count). The molecule has 0 aromatic carbocycles. The van der Waals surface area contributed by atoms with E-state index in [0.29, 0.717) is 49.2 Å². The predicted molar refractivity (Wildman–Crippen MR) is 171 cm³/mol. The monoisotopic (exact) mass is 624 g/mol. The second-order valence-electron chi connectivity index (χ2n) is 14.5. The molecule has 2 bridgehead atoms. The largest absolute Gasteiger partial charge is 0.462 e. The van der Waals surface area contributed by atoms with Gasteiger partial charge in [-0.1, -0.05) is 55.4 Å². The van der Waals surface area contributed by atoms with Crippen LogP contribution in [0.3, 0.4) is 0 Å². The number of carbonyl (C=O) groups excluding carboxylic acids is 2. The summed E-state index contributed by atoms with van der Waals surface area (Å²) < 4.78 is 25.0. The molecule has 10 atom stereocenters. The van der Waals surface area contributed by atoms with E-state index in [1.807, 2.05) is 12.2 Å². The first-order valence-electron chi connectivity index (χ1n) is 16.8. The van der Waals surface area contributed by atoms with Gasteiger partial charge in [0.1, 0.15) is 24.2 Å². The topological polar surface area (TPSA) is 112 Å². The summed E-state index contributed by atoms with van der Waals surface area (Å²) >= 11 is 0. The molecule has 2 saturated heterocycles. The lowest BCUT2D eigenvalue weighted by molar-refractivity contribution is -0.332. The van der Waals surface area contributed by atoms with Gasteiger partial charge in [0, 0.05) is 31.3 Å². The molecule has 248 valence electrons. The fourth-order valence-corrected chi connectivity index (χ4v) is 7.91. The van der Waals surface area contributed by atoms with Gasteiger partial charge in [0.05, 0.1) is 18.3 Å². The highest BCUT2D eigenvalue weighted by Crippen LogP contribution is 2.52. The average molecular weight is 625 g/mol. The molecule has 10 unspecified atom stereocenters. The molecule has 45 heavy (non-hydrogen) atoms. The Kier molecular flexibility index (Phi) is 10.3. The number of carbonyl (C=O) groups is 2. The molecule has 3 aliphatic heterocycles. The number of rotatable bonds is 3. The molecule has 8 nitrogen and oxygen atoms in total. The summed E-state index contributed by atoms with van der Waals surface area (Å²) in [6.07, 6.45) is 14.7. The SMILES string of the molecule is CC(C)=CC(=O)OCC1=CC2C(=O)OC3CC(CC=C(C)CC(C)C=CC=C4CCC(C1O)C42O)OC1(CCC(C)C(C)O1)C3. The maximum atomic E-state index is 14.2. The van der Waals surface area contributed by atoms with Crippen LogP contribution in [0.2, 0.25) is 0 Å². The zero-order valence-electron chi connectivity index (χ0n) is 27.8. The minimum absolute atomic E-state index is 0.0173. The Morgan fingerprint density at radius 1 is 1.16 bits per heavy atom. The van der Waals surface area contributed by atoms with E-state index in [9.17, 15) is 19.8 Å². The van der Waals surface area contributed by atoms with E-state index in [4.69, 9.17) is 18.9 Å². The van der Waals surface area contributed by atoms with Crippen molar-refractivity contribution >= 4 is 11.9 Å². The summed E-state index contributed by atoms with van der Waals surface area (Å²) in [5.41, 5.74) is 1.55. The van der Waals surface area contributed by atoms with Gasteiger partial charge in [0.2, 0.25) is 0 Å². The second kappa shape index (κ2) is 13.7. The molecule has 2 aliphatic carbocycles. The molecule has 2 N–H and O–H groups in total. The van der Waals surface area contributed by atoms with Crippen molar-refractivity contribution in [3.63, 3.8) is 0 Å². The number of hydrogen-bond acceptors (Lipinski definition) is 8. The minimum atomic E-state index is -1.63. The molecule has 3 fully saturated rings. The van der Waals surface area contributed by atoms with Crippen LogP contribution >= 0.6 is 0 Å². The number of aliphatic hydroxyl groups excluding tert-OH is 1. The lowest BCUT2D eigenvalue weighted by Crippen LogP contribution is -2.56. The van der Waals surface area contributed by atoms with Gasteiger partial charge in [-0.2, -0.15) is 0 Å². The molecular weight excluding hydrogens is 572 g/mol. The zero-order chi connectivity index (χ0) is 32.5. The summed E-state index contributed by atoms with van der Waals surface area (Å²) in [6.45, 7) is 12.0. The summed E-state index contributed by atoms with van der Waals surface area (Å²) in [4.78, 5) is 26.5. The van der Waals surface area contributed by atoms with Crippen LogP contribution in [0.25, 0.3) is 0 Å². The maximum absolute atomic E-state index is 14.2. The van der Waals surface area contributed by atoms with Gasteiger partial charge in [-0.3, -0.25) is 4.79 Å². The Hall–Kier alpha value is -2.52. The third kappa shape index (κ3) is 7.40. The molecule has 0 amide bonds. The molecule has 0 aromatic rings. The van der Waals surface area contributed by atoms with Crippen molar-refractivity contribution in [1.29, 1.82) is 0 Å². The van der Waals surface area contributed by atoms with Crippen LogP contribution in [0, 0.1) is 23.7 Å². The van der Waals surface area contributed by atoms with Crippen LogP contribution < -0.4 is 0 Å². The second-order valence-corrected chi connectivity index (χ2v) is 14.5. The number of allylic oxidation sites excluding steroid dienone is 5. The van der Waals surface area contributed by atoms with Crippen molar-refractivity contribution in [3.05, 3.63) is 58.7 Å². The third-order valence-corrected chi connectivity index (χ3v) is 10.5. The van der Waals surface area contributed by atoms with Crippen LogP contribution in [0.5, 0.6) is 0 Å². The molecule has 1 saturated carbocycles. The van der Waals surface area contributed by atoms with Crippen molar-refractivity contribution < 1.29 is 38.7 Å². The maximum Gasteiger partial charge on any atom is 0.331 e. The molecule has 1 spiro atoms. The number of aliphatic hydroxyl groups is 2. The fourth-order valence-electron chi connectivity index (χ4n) is 7.91. The molecule has 0 radical (unpaired) electrons. The van der Waals surface area contributed by atoms with Crippen LogP contribution in [0.1, 0.15) is 92.9 Å². The summed E-state index contributed by atoms with van der Waals surface area (Å²) in [5.74, 6) is -2.93. The van der Waals surface area contributed by atoms with Gasteiger partial charge in [0.15, 0.2) is 5.79 Å². The van der Waals surface area contributed by atoms with Crippen molar-refractivity contribution in [3.8, 4) is 0 Å². The Bertz CT molecular complexity index is 1290. The Balaban J connectivity index is 1.51. The van der Waals surface area contributed by atoms with Crippen LogP contribution in [0.4, 0.5) is 0 Å². The Morgan fingerprint density at radius 2 is 1.93 bits per heavy atom. The number of fused-ring (bicyclic) bond motifs is 2. The summed E-state index contributed by atoms with van der Waals surface area (Å²) in [6, 6.07) is 0. The first kappa shape index (κ1) is 33.8. The fraction of sp³-hybridized carbons (Fsp3) is 0.676. The van der Waals surface area contributed by atoms with Crippen molar-refractivity contribution in [2.45, 2.75) is 129 Å². The number of esters is 2. The van der Waals surface area contributed by atoms with Gasteiger partial charge in [0.25, 0.3) is 0 Å². The Labute approximate surface area is 268 Å². The van der Waals surface area contributed by atoms with E-state index in [-0.39, 0.29) is 24.7 Å². The quantitative estimate of drug-likeness (QED) is 0.222. The van der Waals surface area contributed by atoms with Crippen molar-refractivity contribution in [2.75, 3.05) is 6.61 Å². The van der Waals surface area contributed by atoms with Gasteiger partial charge >= 0.3 is 11.9 Å². The third-order valence-electron chi connectivity index (χ3n) is 10.5. The van der Waals surface area contributed by atoms with E-state index in [1.165, 1.54) is 11.6 Å². The molecule has 5 aliphatic rings. The van der Waals surface area contributed by atoms with Crippen molar-refractivity contribution in [2.24, 2.45) is 23.7 Å². The average Bonchev–Trinajstić information content (AvgIpc) is 3.30. The van der Waals surface area contributed by atoms with E-state index < -0.39 is 47.4 Å². The highest BCUT2D eigenvalue weighted by atomic mass is 16.7. The Morgan fingerprint density at radius 3 is 2.67 bits per heavy atom. The zero-order valence-corrected chi connectivity index (χ0v) is 27.8. The van der Waals surface area contributed by atoms with Crippen LogP contribution in [-0.4, -0.2) is 64.6 Å². The lowest BCUT2D eigenvalue weighted by Gasteiger charge is -2.49. The number of hydrogen-bond donors (Lipinski definition) is 2. The summed E-state index contributed by atoms with van der Waals surface area (Å²) in [7, 11) is 0. The van der Waals surface area contributed by atoms with Crippen molar-refractivity contribution in [1.82, 2.24) is 0 Å². The van der Waals surface area contributed by atoms with Gasteiger partial charge in [-0.15, -0.1) is 0 Å². The van der Waals surface area contributed by atoms with Gasteiger partial charge in [-0.05, 0) is 82.8 Å². The van der Waals surface area contributed by atoms with E-state index in [2.05, 4.69) is 39.8 Å². The molecule has 3 heterocycles. The van der Waals surface area contributed by atoms with E-state index >= 15 is 0 Å². The highest BCUT2D eigenvalue weighted by molar-refractivity contribution is 5.83.